The number of hydrogen-bond acceptors (Lipinski definition) is 6. The van der Waals surface area contributed by atoms with Crippen LogP contribution in [0.1, 0.15) is 19.4 Å². The molecule has 0 spiro atoms. The molecule has 0 saturated carbocycles. The van der Waals surface area contributed by atoms with E-state index in [0.717, 1.165) is 5.56 Å². The summed E-state index contributed by atoms with van der Waals surface area (Å²) in [5, 5.41) is 2.64. The second-order valence-corrected chi connectivity index (χ2v) is 6.67. The first kappa shape index (κ1) is 21.4. The number of rotatable bonds is 9. The maximum absolute atomic E-state index is 12.7. The van der Waals surface area contributed by atoms with Crippen LogP contribution in [0.2, 0.25) is 0 Å². The zero-order valence-electron chi connectivity index (χ0n) is 16.2. The van der Waals surface area contributed by atoms with E-state index in [1.165, 1.54) is 26.2 Å². The summed E-state index contributed by atoms with van der Waals surface area (Å²) < 4.78 is 15.6. The monoisotopic (exact) mass is 387 g/mol. The lowest BCUT2D eigenvalue weighted by Gasteiger charge is -2.22. The molecule has 3 atom stereocenters. The van der Waals surface area contributed by atoms with Crippen LogP contribution in [0.4, 0.5) is 0 Å². The topological polar surface area (TPSA) is 94.2 Å². The Morgan fingerprint density at radius 2 is 1.93 bits per heavy atom. The number of hydrogen-bond donors (Lipinski definition) is 1. The summed E-state index contributed by atoms with van der Waals surface area (Å²) in [7, 11) is 1.29. The van der Waals surface area contributed by atoms with E-state index in [2.05, 4.69) is 10.1 Å². The Labute approximate surface area is 164 Å². The molecule has 1 N–H and O–H groups in total. The van der Waals surface area contributed by atoms with Crippen molar-refractivity contribution in [2.45, 2.75) is 38.0 Å². The molecule has 7 nitrogen and oxygen atoms in total. The van der Waals surface area contributed by atoms with E-state index >= 15 is 0 Å². The summed E-state index contributed by atoms with van der Waals surface area (Å²) >= 11 is 0. The number of nitrogens with one attached hydrogen (secondary N) is 1. The molecule has 1 amide bonds. The molecular formula is C21H25NO6. The van der Waals surface area contributed by atoms with E-state index in [1.54, 1.807) is 12.2 Å². The average Bonchev–Trinajstić information content (AvgIpc) is 3.42. The Bertz CT molecular complexity index is 751. The van der Waals surface area contributed by atoms with Crippen molar-refractivity contribution in [1.29, 1.82) is 0 Å². The molecule has 1 aromatic carbocycles. The fourth-order valence-corrected chi connectivity index (χ4v) is 2.51. The van der Waals surface area contributed by atoms with Gasteiger partial charge in [0.2, 0.25) is 5.91 Å². The van der Waals surface area contributed by atoms with E-state index in [-0.39, 0.29) is 5.91 Å². The number of allylic oxidation sites excluding steroid dienone is 2. The summed E-state index contributed by atoms with van der Waals surface area (Å²) in [4.78, 5) is 35.4. The molecule has 0 radical (unpaired) electrons. The molecule has 0 unspecified atom stereocenters. The van der Waals surface area contributed by atoms with E-state index in [9.17, 15) is 14.4 Å². The number of benzene rings is 1. The van der Waals surface area contributed by atoms with Crippen LogP contribution in [0.25, 0.3) is 0 Å². The molecule has 1 saturated heterocycles. The van der Waals surface area contributed by atoms with Gasteiger partial charge in [0.15, 0.2) is 6.10 Å². The lowest BCUT2D eigenvalue weighted by atomic mass is 10.0. The Morgan fingerprint density at radius 3 is 2.50 bits per heavy atom. The predicted molar refractivity (Wildman–Crippen MR) is 102 cm³/mol. The van der Waals surface area contributed by atoms with Crippen LogP contribution in [-0.2, 0) is 35.0 Å². The molecule has 0 bridgehead atoms. The fraction of sp³-hybridized carbons (Fsp3) is 0.381. The predicted octanol–water partition coefficient (Wildman–Crippen LogP) is 1.72. The third-order valence-corrected chi connectivity index (χ3v) is 4.22. The van der Waals surface area contributed by atoms with Gasteiger partial charge in [-0.05, 0) is 18.6 Å². The highest BCUT2D eigenvalue weighted by molar-refractivity contribution is 5.84. The standard InChI is InChI=1S/C21H25NO6/c1-15(23)22-17(13-16-9-5-4-6-10-16)20(25)28-18(21(2)14-27-21)11-7-8-12-19(24)26-3/h4-12,17-18H,13-14H2,1-3H3,(H,22,23)/b11-7+,12-8+/t17-,18-,21-/m1/s1. The van der Waals surface area contributed by atoms with Crippen molar-refractivity contribution in [1.82, 2.24) is 5.32 Å². The van der Waals surface area contributed by atoms with Gasteiger partial charge in [0.25, 0.3) is 0 Å². The maximum atomic E-state index is 12.7. The number of carbonyl (C=O) groups is 3. The minimum Gasteiger partial charge on any atom is -0.466 e. The van der Waals surface area contributed by atoms with Crippen molar-refractivity contribution in [3.63, 3.8) is 0 Å². The molecule has 1 fully saturated rings. The van der Waals surface area contributed by atoms with Crippen LogP contribution in [0.3, 0.4) is 0 Å². The number of epoxide rings is 1. The van der Waals surface area contributed by atoms with Crippen molar-refractivity contribution in [3.05, 3.63) is 60.2 Å². The van der Waals surface area contributed by atoms with Gasteiger partial charge in [-0.3, -0.25) is 4.79 Å². The van der Waals surface area contributed by atoms with Crippen molar-refractivity contribution in [3.8, 4) is 0 Å². The van der Waals surface area contributed by atoms with Gasteiger partial charge in [0, 0.05) is 19.4 Å². The summed E-state index contributed by atoms with van der Waals surface area (Å²) in [6.07, 6.45) is 5.63. The van der Waals surface area contributed by atoms with Crippen LogP contribution in [-0.4, -0.2) is 49.3 Å². The first-order valence-corrected chi connectivity index (χ1v) is 8.92. The summed E-state index contributed by atoms with van der Waals surface area (Å²) in [5.74, 6) is -1.36. The van der Waals surface area contributed by atoms with E-state index in [1.807, 2.05) is 37.3 Å². The van der Waals surface area contributed by atoms with Crippen LogP contribution in [0.5, 0.6) is 0 Å². The SMILES string of the molecule is COC(=O)/C=C/C=C/[C@@H](OC(=O)[C@@H](Cc1ccccc1)NC(C)=O)[C@@]1(C)CO1. The first-order chi connectivity index (χ1) is 13.3. The average molecular weight is 387 g/mol. The van der Waals surface area contributed by atoms with Gasteiger partial charge in [-0.1, -0.05) is 42.5 Å². The molecular weight excluding hydrogens is 362 g/mol. The summed E-state index contributed by atoms with van der Waals surface area (Å²) in [5.41, 5.74) is 0.277. The minimum absolute atomic E-state index is 0.315. The second-order valence-electron chi connectivity index (χ2n) is 6.67. The van der Waals surface area contributed by atoms with Gasteiger partial charge in [-0.25, -0.2) is 9.59 Å². The third-order valence-electron chi connectivity index (χ3n) is 4.22. The van der Waals surface area contributed by atoms with Gasteiger partial charge in [-0.15, -0.1) is 0 Å². The van der Waals surface area contributed by atoms with Crippen molar-refractivity contribution in [2.24, 2.45) is 0 Å². The number of methoxy groups -OCH3 is 1. The lowest BCUT2D eigenvalue weighted by molar-refractivity contribution is -0.153. The quantitative estimate of drug-likeness (QED) is 0.300. The largest absolute Gasteiger partial charge is 0.466 e. The fourth-order valence-electron chi connectivity index (χ4n) is 2.51. The molecule has 7 heteroatoms. The van der Waals surface area contributed by atoms with Crippen molar-refractivity contribution >= 4 is 17.8 Å². The Balaban J connectivity index is 2.08. The van der Waals surface area contributed by atoms with Gasteiger partial charge in [-0.2, -0.15) is 0 Å². The lowest BCUT2D eigenvalue weighted by Crippen LogP contribution is -2.45. The Morgan fingerprint density at radius 1 is 1.25 bits per heavy atom. The minimum atomic E-state index is -0.816. The van der Waals surface area contributed by atoms with Gasteiger partial charge >= 0.3 is 11.9 Å². The summed E-state index contributed by atoms with van der Waals surface area (Å²) in [6.45, 7) is 3.62. The molecule has 1 aliphatic rings. The smallest absolute Gasteiger partial charge is 0.330 e. The third kappa shape index (κ3) is 6.66. The first-order valence-electron chi connectivity index (χ1n) is 8.92. The molecule has 0 aliphatic carbocycles. The van der Waals surface area contributed by atoms with Gasteiger partial charge in [0.05, 0.1) is 13.7 Å². The van der Waals surface area contributed by atoms with Gasteiger partial charge < -0.3 is 19.5 Å². The Hall–Kier alpha value is -2.93. The number of ether oxygens (including phenoxy) is 3. The van der Waals surface area contributed by atoms with Crippen LogP contribution in [0.15, 0.2) is 54.6 Å². The highest BCUT2D eigenvalue weighted by Crippen LogP contribution is 2.33. The van der Waals surface area contributed by atoms with Crippen LogP contribution < -0.4 is 5.32 Å². The van der Waals surface area contributed by atoms with Crippen molar-refractivity contribution < 1.29 is 28.6 Å². The highest BCUT2D eigenvalue weighted by atomic mass is 16.6. The molecule has 0 aromatic heterocycles. The van der Waals surface area contributed by atoms with Crippen molar-refractivity contribution in [2.75, 3.05) is 13.7 Å². The van der Waals surface area contributed by atoms with E-state index in [0.29, 0.717) is 13.0 Å². The zero-order valence-corrected chi connectivity index (χ0v) is 16.2. The molecule has 1 heterocycles. The molecule has 1 aliphatic heterocycles. The summed E-state index contributed by atoms with van der Waals surface area (Å²) in [6, 6.07) is 8.55. The zero-order chi connectivity index (χ0) is 20.6. The highest BCUT2D eigenvalue weighted by Gasteiger charge is 2.48. The molecule has 28 heavy (non-hydrogen) atoms. The molecule has 2 rings (SSSR count). The molecule has 150 valence electrons. The van der Waals surface area contributed by atoms with E-state index in [4.69, 9.17) is 9.47 Å². The van der Waals surface area contributed by atoms with Crippen LogP contribution >= 0.6 is 0 Å². The number of carbonyl (C=O) groups excluding carboxylic acids is 3. The van der Waals surface area contributed by atoms with E-state index < -0.39 is 29.7 Å². The van der Waals surface area contributed by atoms with Gasteiger partial charge in [0.1, 0.15) is 11.6 Å². The van der Waals surface area contributed by atoms with Crippen LogP contribution in [0, 0.1) is 0 Å². The number of esters is 2. The normalized spacial score (nSPS) is 20.5. The molecule has 1 aromatic rings. The maximum Gasteiger partial charge on any atom is 0.330 e. The number of amides is 1. The Kier molecular flexibility index (Phi) is 7.52. The second kappa shape index (κ2) is 9.85.